The van der Waals surface area contributed by atoms with Crippen LogP contribution in [-0.2, 0) is 9.84 Å². The van der Waals surface area contributed by atoms with E-state index in [0.29, 0.717) is 6.54 Å². The summed E-state index contributed by atoms with van der Waals surface area (Å²) >= 11 is 3.45. The van der Waals surface area contributed by atoms with Crippen LogP contribution in [0.15, 0.2) is 22.7 Å². The Hall–Kier alpha value is -0.590. The SMILES string of the molecule is CC1CS(=O)(=O)CCN1c1ccc([C@H](C)O)c(Br)c1. The lowest BCUT2D eigenvalue weighted by Gasteiger charge is -2.35. The zero-order valence-electron chi connectivity index (χ0n) is 11.0. The fraction of sp³-hybridized carbons (Fsp3) is 0.538. The highest BCUT2D eigenvalue weighted by atomic mass is 79.9. The Bertz CT molecular complexity index is 571. The van der Waals surface area contributed by atoms with Crippen LogP contribution in [0.1, 0.15) is 25.5 Å². The quantitative estimate of drug-likeness (QED) is 0.890. The molecule has 1 heterocycles. The maximum atomic E-state index is 11.6. The van der Waals surface area contributed by atoms with Gasteiger partial charge in [0.1, 0.15) is 0 Å². The second-order valence-corrected chi connectivity index (χ2v) is 8.12. The van der Waals surface area contributed by atoms with Crippen molar-refractivity contribution in [3.8, 4) is 0 Å². The first kappa shape index (κ1) is 14.8. The summed E-state index contributed by atoms with van der Waals surface area (Å²) in [6.07, 6.45) is -0.525. The number of nitrogens with zero attached hydrogens (tertiary/aromatic N) is 1. The molecular weight excluding hydrogens is 330 g/mol. The molecule has 1 saturated heterocycles. The molecule has 1 aromatic rings. The Morgan fingerprint density at radius 2 is 2.16 bits per heavy atom. The van der Waals surface area contributed by atoms with Crippen molar-refractivity contribution in [3.05, 3.63) is 28.2 Å². The summed E-state index contributed by atoms with van der Waals surface area (Å²) in [6, 6.07) is 5.72. The van der Waals surface area contributed by atoms with Gasteiger partial charge in [0.15, 0.2) is 9.84 Å². The zero-order chi connectivity index (χ0) is 14.2. The van der Waals surface area contributed by atoms with Crippen molar-refractivity contribution in [2.24, 2.45) is 0 Å². The largest absolute Gasteiger partial charge is 0.389 e. The number of benzene rings is 1. The van der Waals surface area contributed by atoms with E-state index in [0.717, 1.165) is 15.7 Å². The second kappa shape index (κ2) is 5.42. The van der Waals surface area contributed by atoms with Crippen LogP contribution in [0.25, 0.3) is 0 Å². The van der Waals surface area contributed by atoms with E-state index >= 15 is 0 Å². The predicted molar refractivity (Wildman–Crippen MR) is 80.2 cm³/mol. The molecule has 1 N–H and O–H groups in total. The highest BCUT2D eigenvalue weighted by Crippen LogP contribution is 2.30. The molecule has 1 aromatic carbocycles. The van der Waals surface area contributed by atoms with Crippen LogP contribution in [0.5, 0.6) is 0 Å². The van der Waals surface area contributed by atoms with E-state index < -0.39 is 15.9 Å². The summed E-state index contributed by atoms with van der Waals surface area (Å²) in [5, 5.41) is 9.60. The summed E-state index contributed by atoms with van der Waals surface area (Å²) < 4.78 is 24.0. The van der Waals surface area contributed by atoms with Gasteiger partial charge in [-0.1, -0.05) is 22.0 Å². The Labute approximate surface area is 122 Å². The Morgan fingerprint density at radius 1 is 1.47 bits per heavy atom. The average Bonchev–Trinajstić information content (AvgIpc) is 2.26. The summed E-state index contributed by atoms with van der Waals surface area (Å²) in [7, 11) is -2.90. The Balaban J connectivity index is 2.26. The normalized spacial score (nSPS) is 24.2. The van der Waals surface area contributed by atoms with Gasteiger partial charge in [0.2, 0.25) is 0 Å². The molecule has 106 valence electrons. The van der Waals surface area contributed by atoms with E-state index in [-0.39, 0.29) is 17.5 Å². The van der Waals surface area contributed by atoms with E-state index in [1.165, 1.54) is 0 Å². The molecule has 0 saturated carbocycles. The van der Waals surface area contributed by atoms with Gasteiger partial charge in [0.05, 0.1) is 17.6 Å². The third kappa shape index (κ3) is 3.30. The van der Waals surface area contributed by atoms with Crippen molar-refractivity contribution in [1.29, 1.82) is 0 Å². The first-order valence-electron chi connectivity index (χ1n) is 6.25. The van der Waals surface area contributed by atoms with Crippen LogP contribution in [0.3, 0.4) is 0 Å². The van der Waals surface area contributed by atoms with Crippen LogP contribution >= 0.6 is 15.9 Å². The van der Waals surface area contributed by atoms with Gasteiger partial charge in [-0.2, -0.15) is 0 Å². The minimum absolute atomic E-state index is 0.0250. The fourth-order valence-corrected chi connectivity index (χ4v) is 4.67. The molecule has 4 nitrogen and oxygen atoms in total. The number of aliphatic hydroxyl groups is 1. The minimum atomic E-state index is -2.90. The summed E-state index contributed by atoms with van der Waals surface area (Å²) in [5.41, 5.74) is 1.82. The molecule has 6 heteroatoms. The summed E-state index contributed by atoms with van der Waals surface area (Å²) in [6.45, 7) is 4.16. The first-order chi connectivity index (χ1) is 8.80. The van der Waals surface area contributed by atoms with Gasteiger partial charge < -0.3 is 10.0 Å². The number of aliphatic hydroxyl groups excluding tert-OH is 1. The van der Waals surface area contributed by atoms with E-state index in [2.05, 4.69) is 20.8 Å². The van der Waals surface area contributed by atoms with Gasteiger partial charge in [-0.25, -0.2) is 8.42 Å². The Kier molecular flexibility index (Phi) is 4.23. The molecule has 0 aromatic heterocycles. The smallest absolute Gasteiger partial charge is 0.154 e. The molecule has 0 amide bonds. The van der Waals surface area contributed by atoms with Gasteiger partial charge in [0.25, 0.3) is 0 Å². The van der Waals surface area contributed by atoms with Crippen molar-refractivity contribution in [2.45, 2.75) is 26.0 Å². The molecule has 2 atom stereocenters. The van der Waals surface area contributed by atoms with Crippen molar-refractivity contribution < 1.29 is 13.5 Å². The van der Waals surface area contributed by atoms with E-state index in [1.807, 2.05) is 25.1 Å². The number of hydrogen-bond acceptors (Lipinski definition) is 4. The number of hydrogen-bond donors (Lipinski definition) is 1. The summed E-state index contributed by atoms with van der Waals surface area (Å²) in [4.78, 5) is 2.09. The monoisotopic (exact) mass is 347 g/mol. The first-order valence-corrected chi connectivity index (χ1v) is 8.86. The van der Waals surface area contributed by atoms with Crippen LogP contribution in [-0.4, -0.2) is 37.6 Å². The molecule has 0 aliphatic carbocycles. The molecule has 0 spiro atoms. The molecule has 0 bridgehead atoms. The van der Waals surface area contributed by atoms with Gasteiger partial charge in [-0.15, -0.1) is 0 Å². The van der Waals surface area contributed by atoms with Crippen molar-refractivity contribution in [2.75, 3.05) is 23.0 Å². The fourth-order valence-electron chi connectivity index (χ4n) is 2.42. The molecule has 1 fully saturated rings. The highest BCUT2D eigenvalue weighted by Gasteiger charge is 2.28. The Morgan fingerprint density at radius 3 is 2.68 bits per heavy atom. The van der Waals surface area contributed by atoms with Gasteiger partial charge >= 0.3 is 0 Å². The van der Waals surface area contributed by atoms with Crippen molar-refractivity contribution in [1.82, 2.24) is 0 Å². The average molecular weight is 348 g/mol. The summed E-state index contributed by atoms with van der Waals surface area (Å²) in [5.74, 6) is 0.399. The minimum Gasteiger partial charge on any atom is -0.389 e. The lowest BCUT2D eigenvalue weighted by molar-refractivity contribution is 0.198. The lowest BCUT2D eigenvalue weighted by Crippen LogP contribution is -2.47. The standard InChI is InChI=1S/C13H18BrNO3S/c1-9-8-19(17,18)6-5-15(9)11-3-4-12(10(2)16)13(14)7-11/h3-4,7,9-10,16H,5-6,8H2,1-2H3/t9?,10-/m0/s1. The third-order valence-corrected chi connectivity index (χ3v) is 5.92. The number of halogens is 1. The van der Waals surface area contributed by atoms with Crippen molar-refractivity contribution >= 4 is 31.5 Å². The predicted octanol–water partition coefficient (Wildman–Crippen LogP) is 2.13. The van der Waals surface area contributed by atoms with Crippen molar-refractivity contribution in [3.63, 3.8) is 0 Å². The zero-order valence-corrected chi connectivity index (χ0v) is 13.4. The molecule has 1 unspecified atom stereocenters. The van der Waals surface area contributed by atoms with E-state index in [9.17, 15) is 13.5 Å². The van der Waals surface area contributed by atoms with Gasteiger partial charge in [0, 0.05) is 22.7 Å². The second-order valence-electron chi connectivity index (χ2n) is 5.04. The van der Waals surface area contributed by atoms with Gasteiger partial charge in [-0.3, -0.25) is 0 Å². The topological polar surface area (TPSA) is 57.6 Å². The molecule has 19 heavy (non-hydrogen) atoms. The molecule has 1 aliphatic heterocycles. The van der Waals surface area contributed by atoms with Crippen LogP contribution in [0.2, 0.25) is 0 Å². The van der Waals surface area contributed by atoms with Crippen LogP contribution in [0.4, 0.5) is 5.69 Å². The maximum Gasteiger partial charge on any atom is 0.154 e. The van der Waals surface area contributed by atoms with Gasteiger partial charge in [-0.05, 0) is 31.5 Å². The van der Waals surface area contributed by atoms with E-state index in [4.69, 9.17) is 0 Å². The maximum absolute atomic E-state index is 11.6. The molecule has 0 radical (unpaired) electrons. The third-order valence-electron chi connectivity index (χ3n) is 3.44. The molecule has 2 rings (SSSR count). The molecular formula is C13H18BrNO3S. The number of sulfone groups is 1. The number of rotatable bonds is 2. The lowest BCUT2D eigenvalue weighted by atomic mass is 10.1. The molecule has 1 aliphatic rings. The van der Waals surface area contributed by atoms with E-state index in [1.54, 1.807) is 6.92 Å². The van der Waals surface area contributed by atoms with Crippen LogP contribution < -0.4 is 4.90 Å². The van der Waals surface area contributed by atoms with Crippen LogP contribution in [0, 0.1) is 0 Å². The highest BCUT2D eigenvalue weighted by molar-refractivity contribution is 9.10. The number of anilines is 1.